The van der Waals surface area contributed by atoms with Gasteiger partial charge in [0.1, 0.15) is 0 Å². The summed E-state index contributed by atoms with van der Waals surface area (Å²) < 4.78 is 4.90. The summed E-state index contributed by atoms with van der Waals surface area (Å²) in [4.78, 5) is 24.1. The molecule has 0 aliphatic heterocycles. The zero-order valence-corrected chi connectivity index (χ0v) is 13.9. The summed E-state index contributed by atoms with van der Waals surface area (Å²) in [5.74, 6) is -0.0949. The lowest BCUT2D eigenvalue weighted by atomic mass is 10.2. The van der Waals surface area contributed by atoms with Gasteiger partial charge in [-0.3, -0.25) is 14.9 Å². The quantitative estimate of drug-likeness (QED) is 0.303. The molecule has 0 bridgehead atoms. The third-order valence-electron chi connectivity index (χ3n) is 2.96. The summed E-state index contributed by atoms with van der Waals surface area (Å²) in [6, 6.07) is 6.27. The molecule has 0 fully saturated rings. The van der Waals surface area contributed by atoms with Crippen LogP contribution >= 0.6 is 12.4 Å². The number of rotatable bonds is 10. The number of halogens is 1. The zero-order valence-electron chi connectivity index (χ0n) is 13.1. The fourth-order valence-electron chi connectivity index (χ4n) is 1.88. The van der Waals surface area contributed by atoms with Crippen molar-refractivity contribution < 1.29 is 14.5 Å². The number of nitrogens with zero attached hydrogens (tertiary/aromatic N) is 2. The van der Waals surface area contributed by atoms with Crippen molar-refractivity contribution in [2.75, 3.05) is 33.4 Å². The second-order valence-corrected chi connectivity index (χ2v) is 4.66. The van der Waals surface area contributed by atoms with Gasteiger partial charge in [-0.2, -0.15) is 0 Å². The number of nitro groups is 1. The SMILES string of the molecule is C=CCN(Cc1cccc([N+](=O)[O-])c1)C(=O)CNCCOC.Cl. The van der Waals surface area contributed by atoms with Gasteiger partial charge in [0.2, 0.25) is 5.91 Å². The van der Waals surface area contributed by atoms with Gasteiger partial charge in [0.15, 0.2) is 0 Å². The summed E-state index contributed by atoms with van der Waals surface area (Å²) in [5, 5.41) is 13.8. The Kier molecular flexibility index (Phi) is 10.6. The number of methoxy groups -OCH3 is 1. The molecule has 0 saturated carbocycles. The van der Waals surface area contributed by atoms with Gasteiger partial charge in [-0.1, -0.05) is 18.2 Å². The minimum absolute atomic E-state index is 0. The Morgan fingerprint density at radius 3 is 2.87 bits per heavy atom. The van der Waals surface area contributed by atoms with Crippen LogP contribution in [-0.4, -0.2) is 49.1 Å². The zero-order chi connectivity index (χ0) is 16.4. The fourth-order valence-corrected chi connectivity index (χ4v) is 1.88. The maximum atomic E-state index is 12.2. The first-order chi connectivity index (χ1) is 10.6. The molecule has 1 rings (SSSR count). The Morgan fingerprint density at radius 1 is 1.52 bits per heavy atom. The molecule has 8 heteroatoms. The first-order valence-electron chi connectivity index (χ1n) is 6.90. The molecule has 1 amide bonds. The van der Waals surface area contributed by atoms with Crippen LogP contribution in [-0.2, 0) is 16.1 Å². The Labute approximate surface area is 141 Å². The summed E-state index contributed by atoms with van der Waals surface area (Å²) in [6.07, 6.45) is 1.63. The van der Waals surface area contributed by atoms with Crippen LogP contribution in [0, 0.1) is 10.1 Å². The predicted octanol–water partition coefficient (Wildman–Crippen LogP) is 1.77. The van der Waals surface area contributed by atoms with Crippen LogP contribution in [0.4, 0.5) is 5.69 Å². The molecule has 0 aliphatic carbocycles. The van der Waals surface area contributed by atoms with Crippen molar-refractivity contribution in [2.45, 2.75) is 6.54 Å². The Balaban J connectivity index is 0.00000484. The van der Waals surface area contributed by atoms with Gasteiger partial charge in [-0.15, -0.1) is 19.0 Å². The average Bonchev–Trinajstić information content (AvgIpc) is 2.51. The Hall–Kier alpha value is -1.96. The van der Waals surface area contributed by atoms with Gasteiger partial charge in [0.25, 0.3) is 5.69 Å². The minimum atomic E-state index is -0.449. The first-order valence-corrected chi connectivity index (χ1v) is 6.90. The molecule has 128 valence electrons. The Morgan fingerprint density at radius 2 is 2.26 bits per heavy atom. The number of amides is 1. The summed E-state index contributed by atoms with van der Waals surface area (Å²) in [6.45, 7) is 5.62. The van der Waals surface area contributed by atoms with Crippen molar-refractivity contribution in [2.24, 2.45) is 0 Å². The van der Waals surface area contributed by atoms with E-state index >= 15 is 0 Å². The largest absolute Gasteiger partial charge is 0.383 e. The molecule has 1 aromatic carbocycles. The van der Waals surface area contributed by atoms with E-state index in [1.165, 1.54) is 12.1 Å². The van der Waals surface area contributed by atoms with Crippen molar-refractivity contribution in [3.8, 4) is 0 Å². The maximum Gasteiger partial charge on any atom is 0.269 e. The van der Waals surface area contributed by atoms with Gasteiger partial charge >= 0.3 is 0 Å². The molecular formula is C15H22ClN3O4. The maximum absolute atomic E-state index is 12.2. The number of hydrogen-bond donors (Lipinski definition) is 1. The van der Waals surface area contributed by atoms with Crippen LogP contribution < -0.4 is 5.32 Å². The standard InChI is InChI=1S/C15H21N3O4.ClH/c1-3-8-17(15(19)11-16-7-9-22-2)12-13-5-4-6-14(10-13)18(20)21;/h3-6,10,16H,1,7-9,11-12H2,2H3;1H. The van der Waals surface area contributed by atoms with E-state index in [1.54, 1.807) is 30.2 Å². The van der Waals surface area contributed by atoms with E-state index in [0.29, 0.717) is 31.8 Å². The topological polar surface area (TPSA) is 84.7 Å². The molecule has 0 spiro atoms. The van der Waals surface area contributed by atoms with Gasteiger partial charge < -0.3 is 15.0 Å². The van der Waals surface area contributed by atoms with Crippen LogP contribution in [0.2, 0.25) is 0 Å². The van der Waals surface area contributed by atoms with Crippen LogP contribution in [0.5, 0.6) is 0 Å². The molecule has 0 unspecified atom stereocenters. The van der Waals surface area contributed by atoms with Gasteiger partial charge in [0.05, 0.1) is 18.1 Å². The van der Waals surface area contributed by atoms with E-state index < -0.39 is 4.92 Å². The van der Waals surface area contributed by atoms with Crippen LogP contribution in [0.25, 0.3) is 0 Å². The highest BCUT2D eigenvalue weighted by Gasteiger charge is 2.14. The third kappa shape index (κ3) is 7.73. The number of benzene rings is 1. The highest BCUT2D eigenvalue weighted by molar-refractivity contribution is 5.85. The Bertz CT molecular complexity index is 525. The lowest BCUT2D eigenvalue weighted by molar-refractivity contribution is -0.384. The van der Waals surface area contributed by atoms with E-state index in [1.807, 2.05) is 0 Å². The molecule has 1 aromatic rings. The van der Waals surface area contributed by atoms with E-state index in [9.17, 15) is 14.9 Å². The average molecular weight is 344 g/mol. The van der Waals surface area contributed by atoms with Crippen LogP contribution in [0.1, 0.15) is 5.56 Å². The highest BCUT2D eigenvalue weighted by atomic mass is 35.5. The molecule has 23 heavy (non-hydrogen) atoms. The first kappa shape index (κ1) is 21.0. The van der Waals surface area contributed by atoms with Crippen LogP contribution in [0.15, 0.2) is 36.9 Å². The van der Waals surface area contributed by atoms with E-state index in [0.717, 1.165) is 0 Å². The number of hydrogen-bond acceptors (Lipinski definition) is 5. The highest BCUT2D eigenvalue weighted by Crippen LogP contribution is 2.14. The predicted molar refractivity (Wildman–Crippen MR) is 90.7 cm³/mol. The van der Waals surface area contributed by atoms with Crippen molar-refractivity contribution in [3.05, 3.63) is 52.6 Å². The number of non-ortho nitro benzene ring substituents is 1. The molecule has 0 aromatic heterocycles. The summed E-state index contributed by atoms with van der Waals surface area (Å²) >= 11 is 0. The molecule has 0 radical (unpaired) electrons. The summed E-state index contributed by atoms with van der Waals surface area (Å²) in [5.41, 5.74) is 0.725. The van der Waals surface area contributed by atoms with Gasteiger partial charge in [-0.05, 0) is 5.56 Å². The van der Waals surface area contributed by atoms with Crippen molar-refractivity contribution in [1.29, 1.82) is 0 Å². The number of ether oxygens (including phenoxy) is 1. The number of carbonyl (C=O) groups excluding carboxylic acids is 1. The lowest BCUT2D eigenvalue weighted by Crippen LogP contribution is -2.38. The molecule has 1 N–H and O–H groups in total. The molecule has 0 aliphatic rings. The van der Waals surface area contributed by atoms with E-state index in [4.69, 9.17) is 4.74 Å². The normalized spacial score (nSPS) is 9.78. The van der Waals surface area contributed by atoms with Gasteiger partial charge in [-0.25, -0.2) is 0 Å². The van der Waals surface area contributed by atoms with Crippen LogP contribution in [0.3, 0.4) is 0 Å². The van der Waals surface area contributed by atoms with Crippen molar-refractivity contribution in [3.63, 3.8) is 0 Å². The molecule has 0 heterocycles. The number of nitrogens with one attached hydrogen (secondary N) is 1. The van der Waals surface area contributed by atoms with Crippen molar-refractivity contribution >= 4 is 24.0 Å². The fraction of sp³-hybridized carbons (Fsp3) is 0.400. The van der Waals surface area contributed by atoms with Gasteiger partial charge in [0, 0.05) is 38.9 Å². The monoisotopic (exact) mass is 343 g/mol. The van der Waals surface area contributed by atoms with E-state index in [-0.39, 0.29) is 30.5 Å². The molecule has 0 atom stereocenters. The number of carbonyl (C=O) groups is 1. The molecule has 7 nitrogen and oxygen atoms in total. The number of nitro benzene ring substituents is 1. The minimum Gasteiger partial charge on any atom is -0.383 e. The molecular weight excluding hydrogens is 322 g/mol. The lowest BCUT2D eigenvalue weighted by Gasteiger charge is -2.21. The third-order valence-corrected chi connectivity index (χ3v) is 2.96. The molecule has 0 saturated heterocycles. The second kappa shape index (κ2) is 11.6. The second-order valence-electron chi connectivity index (χ2n) is 4.66. The van der Waals surface area contributed by atoms with Crippen molar-refractivity contribution in [1.82, 2.24) is 10.2 Å². The summed E-state index contributed by atoms with van der Waals surface area (Å²) in [7, 11) is 1.59. The smallest absolute Gasteiger partial charge is 0.269 e. The van der Waals surface area contributed by atoms with E-state index in [2.05, 4.69) is 11.9 Å².